The summed E-state index contributed by atoms with van der Waals surface area (Å²) >= 11 is 1.84. The molecule has 48 heavy (non-hydrogen) atoms. The molecule has 0 aliphatic rings. The fraction of sp³-hybridized carbons (Fsp3) is 0. The van der Waals surface area contributed by atoms with Gasteiger partial charge in [-0.05, 0) is 76.8 Å². The molecule has 11 rings (SSSR count). The van der Waals surface area contributed by atoms with E-state index in [4.69, 9.17) is 8.83 Å². The Labute approximate surface area is 278 Å². The summed E-state index contributed by atoms with van der Waals surface area (Å²) < 4.78 is 15.6. The molecule has 0 spiro atoms. The Bertz CT molecular complexity index is 3070. The third-order valence-electron chi connectivity index (χ3n) is 9.80. The standard InChI is InChI=1S/C44H25NO2S/c1-2-12-29(13-3-1)45(30-18-20-32-35-23-27-10-4-5-11-28(27)24-38(35)46-39(32)25-30)36-16-8-15-34-42-40(48-44(34)36)22-21-37-41(42)33-19-17-26-9-6-7-14-31(26)43(33)47-37/h1-25H. The maximum absolute atomic E-state index is 6.58. The van der Waals surface area contributed by atoms with Crippen LogP contribution < -0.4 is 4.90 Å². The Morgan fingerprint density at radius 2 is 1.17 bits per heavy atom. The van der Waals surface area contributed by atoms with E-state index < -0.39 is 0 Å². The van der Waals surface area contributed by atoms with Crippen LogP contribution in [0.4, 0.5) is 17.1 Å². The lowest BCUT2D eigenvalue weighted by Crippen LogP contribution is -2.09. The van der Waals surface area contributed by atoms with Gasteiger partial charge in [0.15, 0.2) is 0 Å². The summed E-state index contributed by atoms with van der Waals surface area (Å²) in [6.45, 7) is 0. The van der Waals surface area contributed by atoms with Gasteiger partial charge in [-0.3, -0.25) is 0 Å². The van der Waals surface area contributed by atoms with Crippen LogP contribution in [0.1, 0.15) is 0 Å². The predicted octanol–water partition coefficient (Wildman–Crippen LogP) is 13.6. The van der Waals surface area contributed by atoms with E-state index in [2.05, 4.69) is 157 Å². The highest BCUT2D eigenvalue weighted by atomic mass is 32.1. The zero-order chi connectivity index (χ0) is 31.3. The minimum atomic E-state index is 0.876. The van der Waals surface area contributed by atoms with Gasteiger partial charge in [0.2, 0.25) is 0 Å². The molecule has 0 unspecified atom stereocenters. The largest absolute Gasteiger partial charge is 0.456 e. The maximum Gasteiger partial charge on any atom is 0.143 e. The lowest BCUT2D eigenvalue weighted by Gasteiger charge is -2.26. The lowest BCUT2D eigenvalue weighted by molar-refractivity contribution is 0.669. The van der Waals surface area contributed by atoms with E-state index in [1.54, 1.807) is 0 Å². The molecule has 3 nitrogen and oxygen atoms in total. The van der Waals surface area contributed by atoms with Crippen LogP contribution in [0.25, 0.3) is 85.6 Å². The second kappa shape index (κ2) is 9.71. The minimum absolute atomic E-state index is 0.876. The summed E-state index contributed by atoms with van der Waals surface area (Å²) in [5.74, 6) is 0. The molecule has 0 aliphatic carbocycles. The summed E-state index contributed by atoms with van der Waals surface area (Å²) in [4.78, 5) is 2.36. The molecule has 0 bridgehead atoms. The first-order chi connectivity index (χ1) is 23.8. The third-order valence-corrected chi connectivity index (χ3v) is 11.0. The Morgan fingerprint density at radius 3 is 2.06 bits per heavy atom. The average Bonchev–Trinajstić information content (AvgIpc) is 3.82. The molecule has 0 radical (unpaired) electrons. The molecule has 0 saturated heterocycles. The van der Waals surface area contributed by atoms with E-state index >= 15 is 0 Å². The number of rotatable bonds is 3. The van der Waals surface area contributed by atoms with Gasteiger partial charge >= 0.3 is 0 Å². The van der Waals surface area contributed by atoms with Gasteiger partial charge in [0.25, 0.3) is 0 Å². The Hall–Kier alpha value is -6.10. The van der Waals surface area contributed by atoms with Crippen molar-refractivity contribution in [2.75, 3.05) is 4.90 Å². The number of fused-ring (bicyclic) bond motifs is 13. The average molecular weight is 632 g/mol. The van der Waals surface area contributed by atoms with Crippen molar-refractivity contribution in [1.82, 2.24) is 0 Å². The van der Waals surface area contributed by atoms with Crippen molar-refractivity contribution in [2.24, 2.45) is 0 Å². The fourth-order valence-electron chi connectivity index (χ4n) is 7.64. The molecule has 0 amide bonds. The summed E-state index contributed by atoms with van der Waals surface area (Å²) in [7, 11) is 0. The molecular formula is C44H25NO2S. The molecular weight excluding hydrogens is 607 g/mol. The van der Waals surface area contributed by atoms with Crippen LogP contribution in [0.2, 0.25) is 0 Å². The van der Waals surface area contributed by atoms with Gasteiger partial charge in [0.05, 0.1) is 10.4 Å². The topological polar surface area (TPSA) is 29.5 Å². The Kier molecular flexibility index (Phi) is 5.26. The molecule has 0 atom stereocenters. The fourth-order valence-corrected chi connectivity index (χ4v) is 8.85. The normalized spacial score (nSPS) is 12.2. The number of para-hydroxylation sites is 1. The smallest absolute Gasteiger partial charge is 0.143 e. The van der Waals surface area contributed by atoms with Crippen molar-refractivity contribution in [2.45, 2.75) is 0 Å². The minimum Gasteiger partial charge on any atom is -0.456 e. The van der Waals surface area contributed by atoms with E-state index in [1.807, 2.05) is 11.3 Å². The van der Waals surface area contributed by atoms with Gasteiger partial charge in [-0.2, -0.15) is 0 Å². The van der Waals surface area contributed by atoms with Crippen molar-refractivity contribution < 1.29 is 8.83 Å². The number of benzene rings is 8. The van der Waals surface area contributed by atoms with E-state index in [0.29, 0.717) is 0 Å². The van der Waals surface area contributed by atoms with Crippen LogP contribution in [0.15, 0.2) is 160 Å². The summed E-state index contributed by atoms with van der Waals surface area (Å²) in [5, 5.41) is 11.8. The third kappa shape index (κ3) is 3.63. The number of anilines is 3. The van der Waals surface area contributed by atoms with E-state index in [9.17, 15) is 0 Å². The highest BCUT2D eigenvalue weighted by Gasteiger charge is 2.22. The van der Waals surface area contributed by atoms with Crippen molar-refractivity contribution >= 4 is 114 Å². The quantitative estimate of drug-likeness (QED) is 0.194. The number of hydrogen-bond acceptors (Lipinski definition) is 4. The Morgan fingerprint density at radius 1 is 0.417 bits per heavy atom. The van der Waals surface area contributed by atoms with Gasteiger partial charge in [-0.1, -0.05) is 84.9 Å². The molecule has 0 fully saturated rings. The molecule has 3 aromatic heterocycles. The van der Waals surface area contributed by atoms with Gasteiger partial charge in [0.1, 0.15) is 22.3 Å². The molecule has 4 heteroatoms. The van der Waals surface area contributed by atoms with Crippen LogP contribution in [-0.4, -0.2) is 0 Å². The molecule has 3 heterocycles. The van der Waals surface area contributed by atoms with Crippen molar-refractivity contribution in [3.63, 3.8) is 0 Å². The predicted molar refractivity (Wildman–Crippen MR) is 204 cm³/mol. The first-order valence-electron chi connectivity index (χ1n) is 16.2. The van der Waals surface area contributed by atoms with E-state index in [0.717, 1.165) is 60.9 Å². The first kappa shape index (κ1) is 26.0. The molecule has 8 aromatic carbocycles. The van der Waals surface area contributed by atoms with Crippen molar-refractivity contribution in [3.05, 3.63) is 152 Å². The zero-order valence-corrected chi connectivity index (χ0v) is 26.4. The molecule has 0 aliphatic heterocycles. The van der Waals surface area contributed by atoms with Crippen LogP contribution in [0.3, 0.4) is 0 Å². The van der Waals surface area contributed by atoms with E-state index in [-0.39, 0.29) is 0 Å². The van der Waals surface area contributed by atoms with Crippen LogP contribution in [0, 0.1) is 0 Å². The molecule has 224 valence electrons. The second-order valence-corrected chi connectivity index (χ2v) is 13.5. The molecule has 11 aromatic rings. The van der Waals surface area contributed by atoms with Crippen LogP contribution in [-0.2, 0) is 0 Å². The van der Waals surface area contributed by atoms with Crippen LogP contribution >= 0.6 is 11.3 Å². The monoisotopic (exact) mass is 631 g/mol. The Balaban J connectivity index is 1.17. The second-order valence-electron chi connectivity index (χ2n) is 12.5. The summed E-state index contributed by atoms with van der Waals surface area (Å²) in [6, 6.07) is 54.0. The van der Waals surface area contributed by atoms with Gasteiger partial charge in [0, 0.05) is 59.8 Å². The van der Waals surface area contributed by atoms with Gasteiger partial charge in [-0.25, -0.2) is 0 Å². The first-order valence-corrected chi connectivity index (χ1v) is 17.0. The number of thiophene rings is 1. The number of nitrogens with zero attached hydrogens (tertiary/aromatic N) is 1. The van der Waals surface area contributed by atoms with Crippen molar-refractivity contribution in [1.29, 1.82) is 0 Å². The van der Waals surface area contributed by atoms with Crippen molar-refractivity contribution in [3.8, 4) is 0 Å². The number of hydrogen-bond donors (Lipinski definition) is 0. The van der Waals surface area contributed by atoms with Crippen LogP contribution in [0.5, 0.6) is 0 Å². The molecule has 0 saturated carbocycles. The maximum atomic E-state index is 6.58. The molecule has 0 N–H and O–H groups in total. The van der Waals surface area contributed by atoms with E-state index in [1.165, 1.54) is 41.7 Å². The highest BCUT2D eigenvalue weighted by Crippen LogP contribution is 2.49. The highest BCUT2D eigenvalue weighted by molar-refractivity contribution is 7.26. The lowest BCUT2D eigenvalue weighted by atomic mass is 10.0. The summed E-state index contributed by atoms with van der Waals surface area (Å²) in [5.41, 5.74) is 6.92. The van der Waals surface area contributed by atoms with Gasteiger partial charge < -0.3 is 13.7 Å². The zero-order valence-electron chi connectivity index (χ0n) is 25.6. The SMILES string of the molecule is c1ccc(N(c2ccc3c(c2)oc2cc4ccccc4cc23)c2cccc3c2sc2ccc4oc5c6ccccc6ccc5c4c23)cc1. The van der Waals surface area contributed by atoms with Gasteiger partial charge in [-0.15, -0.1) is 11.3 Å². The number of furan rings is 2. The summed E-state index contributed by atoms with van der Waals surface area (Å²) in [6.07, 6.45) is 0.